The minimum atomic E-state index is -3.41. The Morgan fingerprint density at radius 3 is 2.47 bits per heavy atom. The van der Waals surface area contributed by atoms with Crippen LogP contribution in [0.15, 0.2) is 22.9 Å². The van der Waals surface area contributed by atoms with Gasteiger partial charge in [0.05, 0.1) is 0 Å². The number of aromatic nitrogens is 1. The number of sulfone groups is 1. The lowest BCUT2D eigenvalue weighted by Gasteiger charge is -2.20. The zero-order valence-corrected chi connectivity index (χ0v) is 12.3. The summed E-state index contributed by atoms with van der Waals surface area (Å²) in [5, 5.41) is 0. The van der Waals surface area contributed by atoms with Gasteiger partial charge in [0.15, 0.2) is 15.6 Å². The molecule has 1 rings (SSSR count). The first-order chi connectivity index (χ1) is 7.64. The van der Waals surface area contributed by atoms with Gasteiger partial charge >= 0.3 is 0 Å². The summed E-state index contributed by atoms with van der Waals surface area (Å²) in [5.74, 6) is -0.333. The van der Waals surface area contributed by atoms with Crippen molar-refractivity contribution < 1.29 is 13.2 Å². The van der Waals surface area contributed by atoms with Gasteiger partial charge in [-0.3, -0.25) is 9.78 Å². The monoisotopic (exact) mass is 319 g/mol. The van der Waals surface area contributed by atoms with E-state index in [1.54, 1.807) is 18.5 Å². The summed E-state index contributed by atoms with van der Waals surface area (Å²) in [6.07, 6.45) is 4.30. The van der Waals surface area contributed by atoms with E-state index in [1.807, 2.05) is 0 Å². The maximum Gasteiger partial charge on any atom is 0.159 e. The molecule has 0 amide bonds. The van der Waals surface area contributed by atoms with E-state index in [4.69, 9.17) is 0 Å². The summed E-state index contributed by atoms with van der Waals surface area (Å²) in [7, 11) is -3.41. The van der Waals surface area contributed by atoms with Gasteiger partial charge in [0.1, 0.15) is 4.75 Å². The van der Waals surface area contributed by atoms with E-state index in [0.29, 0.717) is 5.56 Å². The maximum absolute atomic E-state index is 12.0. The lowest BCUT2D eigenvalue weighted by molar-refractivity contribution is -0.120. The number of hydrogen-bond donors (Lipinski definition) is 0. The summed E-state index contributed by atoms with van der Waals surface area (Å²) < 4.78 is 22.4. The molecule has 0 unspecified atom stereocenters. The smallest absolute Gasteiger partial charge is 0.159 e. The number of halogens is 1. The summed E-state index contributed by atoms with van der Waals surface area (Å²) in [6.45, 7) is 2.85. The van der Waals surface area contributed by atoms with Crippen LogP contribution in [0.2, 0.25) is 0 Å². The fraction of sp³-hybridized carbons (Fsp3) is 0.455. The highest BCUT2D eigenvalue weighted by Crippen LogP contribution is 2.19. The van der Waals surface area contributed by atoms with E-state index in [1.165, 1.54) is 13.8 Å². The molecule has 0 saturated carbocycles. The predicted octanol–water partition coefficient (Wildman–Crippen LogP) is 1.78. The molecule has 17 heavy (non-hydrogen) atoms. The van der Waals surface area contributed by atoms with E-state index in [2.05, 4.69) is 20.9 Å². The average molecular weight is 320 g/mol. The summed E-state index contributed by atoms with van der Waals surface area (Å²) in [4.78, 5) is 15.9. The van der Waals surface area contributed by atoms with Crippen LogP contribution in [0.5, 0.6) is 0 Å². The molecular weight excluding hydrogens is 306 g/mol. The number of carbonyl (C=O) groups is 1. The number of Topliss-reactive ketones (excluding diaryl/α,β-unsaturated/α-hetero) is 1. The Bertz CT molecular complexity index is 537. The van der Waals surface area contributed by atoms with Crippen LogP contribution in [0.1, 0.15) is 19.4 Å². The molecule has 0 radical (unpaired) electrons. The molecule has 0 atom stereocenters. The van der Waals surface area contributed by atoms with Crippen molar-refractivity contribution in [3.05, 3.63) is 28.5 Å². The van der Waals surface area contributed by atoms with Crippen molar-refractivity contribution in [2.24, 2.45) is 0 Å². The SMILES string of the molecule is CC(C)(C(=O)Cc1cncc(Br)c1)S(C)(=O)=O. The Balaban J connectivity index is 2.95. The van der Waals surface area contributed by atoms with Gasteiger partial charge < -0.3 is 0 Å². The first kappa shape index (κ1) is 14.3. The normalized spacial score (nSPS) is 12.5. The van der Waals surface area contributed by atoms with Crippen molar-refractivity contribution >= 4 is 31.6 Å². The van der Waals surface area contributed by atoms with Crippen LogP contribution in [0.25, 0.3) is 0 Å². The van der Waals surface area contributed by atoms with Gasteiger partial charge in [-0.05, 0) is 41.4 Å². The van der Waals surface area contributed by atoms with E-state index in [0.717, 1.165) is 10.7 Å². The highest BCUT2D eigenvalue weighted by molar-refractivity contribution is 9.10. The van der Waals surface area contributed by atoms with Crippen LogP contribution in [0.3, 0.4) is 0 Å². The Morgan fingerprint density at radius 1 is 1.41 bits per heavy atom. The van der Waals surface area contributed by atoms with Crippen LogP contribution in [0, 0.1) is 0 Å². The van der Waals surface area contributed by atoms with Crippen molar-refractivity contribution in [3.8, 4) is 0 Å². The molecule has 4 nitrogen and oxygen atoms in total. The molecule has 1 aromatic heterocycles. The highest BCUT2D eigenvalue weighted by Gasteiger charge is 2.37. The standard InChI is InChI=1S/C11H14BrNO3S/c1-11(2,17(3,15)16)10(14)5-8-4-9(12)7-13-6-8/h4,6-7H,5H2,1-3H3. The van der Waals surface area contributed by atoms with Crippen LogP contribution in [-0.2, 0) is 21.1 Å². The first-order valence-corrected chi connectivity index (χ1v) is 7.65. The average Bonchev–Trinajstić information content (AvgIpc) is 2.15. The number of nitrogens with zero attached hydrogens (tertiary/aromatic N) is 1. The van der Waals surface area contributed by atoms with Crippen molar-refractivity contribution in [3.63, 3.8) is 0 Å². The summed E-state index contributed by atoms with van der Waals surface area (Å²) >= 11 is 3.25. The number of ketones is 1. The second-order valence-corrected chi connectivity index (χ2v) is 7.87. The maximum atomic E-state index is 12.0. The number of rotatable bonds is 4. The largest absolute Gasteiger partial charge is 0.298 e. The molecule has 0 aliphatic carbocycles. The van der Waals surface area contributed by atoms with Crippen molar-refractivity contribution in [1.29, 1.82) is 0 Å². The van der Waals surface area contributed by atoms with Gasteiger partial charge in [-0.1, -0.05) is 0 Å². The quantitative estimate of drug-likeness (QED) is 0.848. The Hall–Kier alpha value is -0.750. The number of hydrogen-bond acceptors (Lipinski definition) is 4. The minimum Gasteiger partial charge on any atom is -0.298 e. The molecule has 0 saturated heterocycles. The summed E-state index contributed by atoms with van der Waals surface area (Å²) in [5.41, 5.74) is 0.695. The van der Waals surface area contributed by atoms with E-state index >= 15 is 0 Å². The number of pyridine rings is 1. The van der Waals surface area contributed by atoms with Gasteiger partial charge in [-0.15, -0.1) is 0 Å². The molecule has 0 aliphatic rings. The van der Waals surface area contributed by atoms with Crippen molar-refractivity contribution in [2.45, 2.75) is 25.0 Å². The first-order valence-electron chi connectivity index (χ1n) is 4.97. The third-order valence-corrected chi connectivity index (χ3v) is 5.24. The lowest BCUT2D eigenvalue weighted by atomic mass is 10.0. The zero-order valence-electron chi connectivity index (χ0n) is 9.90. The molecule has 1 aromatic rings. The van der Waals surface area contributed by atoms with Gasteiger partial charge in [0, 0.05) is 29.5 Å². The van der Waals surface area contributed by atoms with E-state index in [-0.39, 0.29) is 12.2 Å². The van der Waals surface area contributed by atoms with Gasteiger partial charge in [-0.2, -0.15) is 0 Å². The van der Waals surface area contributed by atoms with Gasteiger partial charge in [0.2, 0.25) is 0 Å². The highest BCUT2D eigenvalue weighted by atomic mass is 79.9. The molecule has 0 aromatic carbocycles. The Kier molecular flexibility index (Phi) is 4.09. The molecule has 0 bridgehead atoms. The van der Waals surface area contributed by atoms with Gasteiger partial charge in [-0.25, -0.2) is 8.42 Å². The van der Waals surface area contributed by atoms with Gasteiger partial charge in [0.25, 0.3) is 0 Å². The third kappa shape index (κ3) is 3.35. The Morgan fingerprint density at radius 2 is 2.00 bits per heavy atom. The predicted molar refractivity (Wildman–Crippen MR) is 69.6 cm³/mol. The molecule has 0 spiro atoms. The fourth-order valence-electron chi connectivity index (χ4n) is 1.16. The van der Waals surface area contributed by atoms with Crippen LogP contribution < -0.4 is 0 Å². The van der Waals surface area contributed by atoms with Crippen molar-refractivity contribution in [2.75, 3.05) is 6.26 Å². The van der Waals surface area contributed by atoms with Crippen LogP contribution in [0.4, 0.5) is 0 Å². The Labute approximate surface area is 109 Å². The van der Waals surface area contributed by atoms with Crippen LogP contribution in [-0.4, -0.2) is 30.2 Å². The molecular formula is C11H14BrNO3S. The molecule has 6 heteroatoms. The summed E-state index contributed by atoms with van der Waals surface area (Å²) in [6, 6.07) is 1.75. The topological polar surface area (TPSA) is 64.1 Å². The molecule has 0 aliphatic heterocycles. The third-order valence-electron chi connectivity index (χ3n) is 2.72. The second-order valence-electron chi connectivity index (χ2n) is 4.39. The lowest BCUT2D eigenvalue weighted by Crippen LogP contribution is -2.40. The molecule has 0 N–H and O–H groups in total. The fourth-order valence-corrected chi connectivity index (χ4v) is 2.06. The van der Waals surface area contributed by atoms with Crippen molar-refractivity contribution in [1.82, 2.24) is 4.98 Å². The minimum absolute atomic E-state index is 0.0620. The zero-order chi connectivity index (χ0) is 13.3. The molecule has 1 heterocycles. The van der Waals surface area contributed by atoms with Crippen LogP contribution >= 0.6 is 15.9 Å². The van der Waals surface area contributed by atoms with E-state index in [9.17, 15) is 13.2 Å². The second kappa shape index (κ2) is 4.86. The van der Waals surface area contributed by atoms with E-state index < -0.39 is 14.6 Å². The molecule has 0 fully saturated rings. The molecule has 94 valence electrons. The number of carbonyl (C=O) groups excluding carboxylic acids is 1.